The van der Waals surface area contributed by atoms with Gasteiger partial charge in [-0.15, -0.1) is 0 Å². The van der Waals surface area contributed by atoms with Crippen LogP contribution in [0, 0.1) is 0 Å². The predicted molar refractivity (Wildman–Crippen MR) is 149 cm³/mol. The van der Waals surface area contributed by atoms with Crippen molar-refractivity contribution in [2.24, 2.45) is 0 Å². The molecule has 3 aromatic rings. The zero-order valence-corrected chi connectivity index (χ0v) is 22.3. The Morgan fingerprint density at radius 2 is 1.46 bits per heavy atom. The van der Waals surface area contributed by atoms with Crippen molar-refractivity contribution in [1.29, 1.82) is 0 Å². The van der Waals surface area contributed by atoms with Crippen molar-refractivity contribution in [3.05, 3.63) is 95.6 Å². The van der Waals surface area contributed by atoms with Crippen LogP contribution >= 0.6 is 0 Å². The molecular formula is C31H35N3O5. The third-order valence-electron chi connectivity index (χ3n) is 6.93. The van der Waals surface area contributed by atoms with Crippen LogP contribution in [0.4, 0.5) is 4.79 Å². The van der Waals surface area contributed by atoms with Crippen LogP contribution in [0.25, 0.3) is 11.1 Å². The van der Waals surface area contributed by atoms with Gasteiger partial charge in [0.1, 0.15) is 18.7 Å². The van der Waals surface area contributed by atoms with Crippen molar-refractivity contribution < 1.29 is 24.2 Å². The van der Waals surface area contributed by atoms with Crippen molar-refractivity contribution in [1.82, 2.24) is 15.5 Å². The first-order valence-corrected chi connectivity index (χ1v) is 13.2. The van der Waals surface area contributed by atoms with E-state index in [2.05, 4.69) is 22.8 Å². The molecule has 0 spiro atoms. The minimum absolute atomic E-state index is 0.0989. The molecule has 0 saturated carbocycles. The van der Waals surface area contributed by atoms with Crippen LogP contribution in [0.1, 0.15) is 42.4 Å². The standard InChI is InChI=1S/C31H35N3O5/c1-3-11-27(29(35)32-28(30(36)37)19-34(2)18-21-12-5-4-6-13-21)33-31(38)39-20-26-24-16-9-7-14-22(24)23-15-8-10-17-25(23)26/h4-10,12-17,26-28H,3,11,18-20H2,1-2H3,(H,32,35)(H,33,38)(H,36,37). The Balaban J connectivity index is 1.35. The van der Waals surface area contributed by atoms with E-state index in [1.54, 1.807) is 7.05 Å². The second-order valence-electron chi connectivity index (χ2n) is 9.89. The van der Waals surface area contributed by atoms with E-state index < -0.39 is 30.1 Å². The Hall–Kier alpha value is -4.17. The summed E-state index contributed by atoms with van der Waals surface area (Å²) >= 11 is 0. The van der Waals surface area contributed by atoms with Gasteiger partial charge < -0.3 is 20.5 Å². The summed E-state index contributed by atoms with van der Waals surface area (Å²) in [6.45, 7) is 2.67. The maximum absolute atomic E-state index is 13.0. The number of hydrogen-bond acceptors (Lipinski definition) is 5. The first-order valence-electron chi connectivity index (χ1n) is 13.2. The van der Waals surface area contributed by atoms with E-state index >= 15 is 0 Å². The van der Waals surface area contributed by atoms with Crippen molar-refractivity contribution in [2.75, 3.05) is 20.2 Å². The summed E-state index contributed by atoms with van der Waals surface area (Å²) in [7, 11) is 1.80. The SMILES string of the molecule is CCCC(NC(=O)OCC1c2ccccc2-c2ccccc21)C(=O)NC(CN(C)Cc1ccccc1)C(=O)O. The molecule has 1 aliphatic rings. The molecule has 8 nitrogen and oxygen atoms in total. The van der Waals surface area contributed by atoms with Gasteiger partial charge in [0.05, 0.1) is 0 Å². The number of aliphatic carboxylic acids is 1. The minimum atomic E-state index is -1.14. The zero-order chi connectivity index (χ0) is 27.8. The van der Waals surface area contributed by atoms with Gasteiger partial charge in [-0.2, -0.15) is 0 Å². The fourth-order valence-corrected chi connectivity index (χ4v) is 5.07. The molecule has 3 N–H and O–H groups in total. The van der Waals surface area contributed by atoms with Gasteiger partial charge in [-0.3, -0.25) is 9.69 Å². The number of nitrogens with zero attached hydrogens (tertiary/aromatic N) is 1. The van der Waals surface area contributed by atoms with Gasteiger partial charge in [0.25, 0.3) is 0 Å². The molecule has 2 amide bonds. The van der Waals surface area contributed by atoms with Crippen LogP contribution in [-0.4, -0.2) is 60.3 Å². The fourth-order valence-electron chi connectivity index (χ4n) is 5.07. The van der Waals surface area contributed by atoms with Crippen molar-refractivity contribution in [2.45, 2.75) is 44.3 Å². The van der Waals surface area contributed by atoms with Gasteiger partial charge in [-0.25, -0.2) is 9.59 Å². The van der Waals surface area contributed by atoms with Gasteiger partial charge in [-0.1, -0.05) is 92.2 Å². The number of benzene rings is 3. The summed E-state index contributed by atoms with van der Waals surface area (Å²) in [4.78, 5) is 39.6. The molecule has 3 aromatic carbocycles. The summed E-state index contributed by atoms with van der Waals surface area (Å²) in [6, 6.07) is 23.7. The Kier molecular flexibility index (Phi) is 9.33. The molecule has 0 radical (unpaired) electrons. The Morgan fingerprint density at radius 3 is 2.05 bits per heavy atom. The number of likely N-dealkylation sites (N-methyl/N-ethyl adjacent to an activating group) is 1. The van der Waals surface area contributed by atoms with E-state index in [-0.39, 0.29) is 19.1 Å². The van der Waals surface area contributed by atoms with Gasteiger partial charge in [0.15, 0.2) is 0 Å². The van der Waals surface area contributed by atoms with Crippen LogP contribution < -0.4 is 10.6 Å². The number of carbonyl (C=O) groups is 3. The molecule has 0 saturated heterocycles. The largest absolute Gasteiger partial charge is 0.480 e. The molecular weight excluding hydrogens is 494 g/mol. The second kappa shape index (κ2) is 13.1. The van der Waals surface area contributed by atoms with Crippen LogP contribution in [0.3, 0.4) is 0 Å². The maximum Gasteiger partial charge on any atom is 0.407 e. The number of nitrogens with one attached hydrogen (secondary N) is 2. The predicted octanol–water partition coefficient (Wildman–Crippen LogP) is 4.40. The van der Waals surface area contributed by atoms with E-state index in [0.717, 1.165) is 27.8 Å². The summed E-state index contributed by atoms with van der Waals surface area (Å²) < 4.78 is 5.60. The molecule has 0 heterocycles. The summed E-state index contributed by atoms with van der Waals surface area (Å²) in [5, 5.41) is 15.0. The first-order chi connectivity index (χ1) is 18.9. The van der Waals surface area contributed by atoms with Crippen molar-refractivity contribution >= 4 is 18.0 Å². The van der Waals surface area contributed by atoms with E-state index in [1.165, 1.54) is 0 Å². The smallest absolute Gasteiger partial charge is 0.407 e. The highest BCUT2D eigenvalue weighted by Gasteiger charge is 2.31. The molecule has 204 valence electrons. The van der Waals surface area contributed by atoms with Gasteiger partial charge in [-0.05, 0) is 41.3 Å². The van der Waals surface area contributed by atoms with E-state index in [9.17, 15) is 19.5 Å². The fraction of sp³-hybridized carbons (Fsp3) is 0.323. The van der Waals surface area contributed by atoms with Crippen LogP contribution in [-0.2, 0) is 20.9 Å². The quantitative estimate of drug-likeness (QED) is 0.321. The Labute approximate surface area is 229 Å². The molecule has 2 atom stereocenters. The minimum Gasteiger partial charge on any atom is -0.480 e. The third-order valence-corrected chi connectivity index (χ3v) is 6.93. The summed E-state index contributed by atoms with van der Waals surface area (Å²) in [5.41, 5.74) is 5.48. The average Bonchev–Trinajstić information content (AvgIpc) is 3.25. The molecule has 1 aliphatic carbocycles. The second-order valence-corrected chi connectivity index (χ2v) is 9.89. The monoisotopic (exact) mass is 529 g/mol. The van der Waals surface area contributed by atoms with Crippen LogP contribution in [0.15, 0.2) is 78.9 Å². The number of carboxylic acids is 1. The zero-order valence-electron chi connectivity index (χ0n) is 22.3. The maximum atomic E-state index is 13.0. The molecule has 0 bridgehead atoms. The van der Waals surface area contributed by atoms with Crippen LogP contribution in [0.5, 0.6) is 0 Å². The number of alkyl carbamates (subject to hydrolysis) is 1. The van der Waals surface area contributed by atoms with Gasteiger partial charge >= 0.3 is 12.1 Å². The molecule has 4 rings (SSSR count). The lowest BCUT2D eigenvalue weighted by Gasteiger charge is -2.25. The highest BCUT2D eigenvalue weighted by atomic mass is 16.5. The summed E-state index contributed by atoms with van der Waals surface area (Å²) in [5.74, 6) is -1.79. The Bertz CT molecular complexity index is 1250. The molecule has 39 heavy (non-hydrogen) atoms. The number of fused-ring (bicyclic) bond motifs is 3. The molecule has 0 aliphatic heterocycles. The number of ether oxygens (including phenoxy) is 1. The molecule has 0 fully saturated rings. The highest BCUT2D eigenvalue weighted by molar-refractivity contribution is 5.89. The Morgan fingerprint density at radius 1 is 0.872 bits per heavy atom. The topological polar surface area (TPSA) is 108 Å². The van der Waals surface area contributed by atoms with Crippen molar-refractivity contribution in [3.63, 3.8) is 0 Å². The lowest BCUT2D eigenvalue weighted by atomic mass is 9.98. The lowest BCUT2D eigenvalue weighted by Crippen LogP contribution is -2.54. The van der Waals surface area contributed by atoms with E-state index in [4.69, 9.17) is 4.74 Å². The van der Waals surface area contributed by atoms with Gasteiger partial charge in [0.2, 0.25) is 5.91 Å². The molecule has 2 unspecified atom stereocenters. The third kappa shape index (κ3) is 7.03. The summed E-state index contributed by atoms with van der Waals surface area (Å²) in [6.07, 6.45) is 0.258. The number of hydrogen-bond donors (Lipinski definition) is 3. The average molecular weight is 530 g/mol. The van der Waals surface area contributed by atoms with Crippen LogP contribution in [0.2, 0.25) is 0 Å². The van der Waals surface area contributed by atoms with E-state index in [0.29, 0.717) is 19.4 Å². The normalized spacial score (nSPS) is 13.7. The highest BCUT2D eigenvalue weighted by Crippen LogP contribution is 2.44. The first kappa shape index (κ1) is 27.9. The number of amides is 2. The lowest BCUT2D eigenvalue weighted by molar-refractivity contribution is -0.142. The van der Waals surface area contributed by atoms with E-state index in [1.807, 2.05) is 78.6 Å². The number of carbonyl (C=O) groups excluding carboxylic acids is 2. The number of rotatable bonds is 12. The van der Waals surface area contributed by atoms with Crippen molar-refractivity contribution in [3.8, 4) is 11.1 Å². The molecule has 0 aromatic heterocycles. The van der Waals surface area contributed by atoms with Gasteiger partial charge in [0, 0.05) is 19.0 Å². The number of carboxylic acid groups (broad SMARTS) is 1. The molecule has 8 heteroatoms.